The summed E-state index contributed by atoms with van der Waals surface area (Å²) in [5.41, 5.74) is 2.06. The Morgan fingerprint density at radius 1 is 1.03 bits per heavy atom. The van der Waals surface area contributed by atoms with E-state index in [1.807, 2.05) is 72.5 Å². The van der Waals surface area contributed by atoms with E-state index in [4.69, 9.17) is 4.74 Å². The van der Waals surface area contributed by atoms with Crippen molar-refractivity contribution in [3.05, 3.63) is 71.8 Å². The smallest absolute Gasteiger partial charge is 0.256 e. The minimum atomic E-state index is -0.557. The van der Waals surface area contributed by atoms with Crippen molar-refractivity contribution in [1.82, 2.24) is 10.2 Å². The van der Waals surface area contributed by atoms with Crippen molar-refractivity contribution in [2.75, 3.05) is 19.7 Å². The number of rotatable bonds is 8. The Labute approximate surface area is 173 Å². The molecule has 5 nitrogen and oxygen atoms in total. The van der Waals surface area contributed by atoms with Crippen LogP contribution in [0.25, 0.3) is 0 Å². The first-order valence-corrected chi connectivity index (χ1v) is 10.5. The minimum absolute atomic E-state index is 0.00639. The Morgan fingerprint density at radius 3 is 2.28 bits per heavy atom. The third kappa shape index (κ3) is 6.16. The SMILES string of the molecule is CCOC(C(=O)N1CCC(NC(=O)CCc2ccccc2)CC1)c1ccccc1. The molecule has 1 aliphatic rings. The average Bonchev–Trinajstić information content (AvgIpc) is 2.77. The van der Waals surface area contributed by atoms with Gasteiger partial charge in [0.05, 0.1) is 0 Å². The highest BCUT2D eigenvalue weighted by molar-refractivity contribution is 5.82. The summed E-state index contributed by atoms with van der Waals surface area (Å²) in [6, 6.07) is 19.8. The lowest BCUT2D eigenvalue weighted by Crippen LogP contribution is -2.48. The van der Waals surface area contributed by atoms with Gasteiger partial charge < -0.3 is 15.0 Å². The lowest BCUT2D eigenvalue weighted by atomic mass is 10.0. The standard InChI is InChI=1S/C24H30N2O3/c1-2-29-23(20-11-7-4-8-12-20)24(28)26-17-15-21(16-18-26)25-22(27)14-13-19-9-5-3-6-10-19/h3-12,21,23H,2,13-18H2,1H3,(H,25,27). The van der Waals surface area contributed by atoms with Crippen LogP contribution in [0.15, 0.2) is 60.7 Å². The van der Waals surface area contributed by atoms with Gasteiger partial charge in [-0.25, -0.2) is 0 Å². The van der Waals surface area contributed by atoms with E-state index in [0.29, 0.717) is 26.1 Å². The molecule has 2 amide bonds. The largest absolute Gasteiger partial charge is 0.364 e. The Balaban J connectivity index is 1.46. The molecular weight excluding hydrogens is 364 g/mol. The van der Waals surface area contributed by atoms with Crippen LogP contribution in [-0.2, 0) is 20.7 Å². The van der Waals surface area contributed by atoms with Crippen molar-refractivity contribution in [2.45, 2.75) is 44.8 Å². The molecule has 1 atom stereocenters. The number of carbonyl (C=O) groups excluding carboxylic acids is 2. The molecule has 5 heteroatoms. The molecule has 1 aliphatic heterocycles. The second-order valence-electron chi connectivity index (χ2n) is 7.40. The lowest BCUT2D eigenvalue weighted by Gasteiger charge is -2.34. The number of amides is 2. The zero-order valence-corrected chi connectivity index (χ0v) is 17.0. The van der Waals surface area contributed by atoms with Gasteiger partial charge in [-0.05, 0) is 37.3 Å². The lowest BCUT2D eigenvalue weighted by molar-refractivity contribution is -0.145. The fourth-order valence-corrected chi connectivity index (χ4v) is 3.72. The van der Waals surface area contributed by atoms with Crippen LogP contribution in [0.2, 0.25) is 0 Å². The van der Waals surface area contributed by atoms with Gasteiger partial charge in [0.25, 0.3) is 5.91 Å². The second-order valence-corrected chi connectivity index (χ2v) is 7.40. The first kappa shape index (κ1) is 21.1. The number of piperidine rings is 1. The molecule has 2 aromatic carbocycles. The zero-order valence-electron chi connectivity index (χ0n) is 17.0. The van der Waals surface area contributed by atoms with Crippen molar-refractivity contribution >= 4 is 11.8 Å². The van der Waals surface area contributed by atoms with Gasteiger partial charge in [-0.2, -0.15) is 0 Å². The van der Waals surface area contributed by atoms with Crippen LogP contribution >= 0.6 is 0 Å². The summed E-state index contributed by atoms with van der Waals surface area (Å²) in [7, 11) is 0. The number of nitrogens with one attached hydrogen (secondary N) is 1. The van der Waals surface area contributed by atoms with Gasteiger partial charge in [-0.15, -0.1) is 0 Å². The van der Waals surface area contributed by atoms with Gasteiger partial charge in [-0.3, -0.25) is 9.59 Å². The van der Waals surface area contributed by atoms with Crippen LogP contribution < -0.4 is 5.32 Å². The number of ether oxygens (including phenoxy) is 1. The summed E-state index contributed by atoms with van der Waals surface area (Å²) in [6.45, 7) is 3.66. The molecule has 0 radical (unpaired) electrons. The van der Waals surface area contributed by atoms with Gasteiger partial charge in [0.1, 0.15) is 0 Å². The van der Waals surface area contributed by atoms with Gasteiger partial charge in [0.15, 0.2) is 6.10 Å². The Morgan fingerprint density at radius 2 is 1.66 bits per heavy atom. The highest BCUT2D eigenvalue weighted by Crippen LogP contribution is 2.22. The van der Waals surface area contributed by atoms with Gasteiger partial charge in [0.2, 0.25) is 5.91 Å². The molecule has 1 unspecified atom stereocenters. The highest BCUT2D eigenvalue weighted by atomic mass is 16.5. The molecule has 2 aromatic rings. The van der Waals surface area contributed by atoms with Crippen LogP contribution in [0, 0.1) is 0 Å². The number of hydrogen-bond acceptors (Lipinski definition) is 3. The predicted octanol–water partition coefficient (Wildman–Crippen LogP) is 3.50. The summed E-state index contributed by atoms with van der Waals surface area (Å²) >= 11 is 0. The van der Waals surface area contributed by atoms with E-state index < -0.39 is 6.10 Å². The maximum Gasteiger partial charge on any atom is 0.256 e. The van der Waals surface area contributed by atoms with Crippen LogP contribution in [0.5, 0.6) is 0 Å². The Kier molecular flexibility index (Phi) is 7.82. The number of nitrogens with zero attached hydrogens (tertiary/aromatic N) is 1. The summed E-state index contributed by atoms with van der Waals surface area (Å²) in [5, 5.41) is 3.13. The molecule has 0 bridgehead atoms. The van der Waals surface area contributed by atoms with Crippen LogP contribution in [0.3, 0.4) is 0 Å². The monoisotopic (exact) mass is 394 g/mol. The fourth-order valence-electron chi connectivity index (χ4n) is 3.72. The van der Waals surface area contributed by atoms with Crippen molar-refractivity contribution in [3.63, 3.8) is 0 Å². The van der Waals surface area contributed by atoms with Gasteiger partial charge in [0, 0.05) is 32.2 Å². The molecule has 154 valence electrons. The normalized spacial score (nSPS) is 15.7. The van der Waals surface area contributed by atoms with E-state index in [0.717, 1.165) is 24.8 Å². The highest BCUT2D eigenvalue weighted by Gasteiger charge is 2.30. The maximum atomic E-state index is 13.0. The quantitative estimate of drug-likeness (QED) is 0.745. The molecular formula is C24H30N2O3. The first-order chi connectivity index (χ1) is 14.2. The maximum absolute atomic E-state index is 13.0. The number of carbonyl (C=O) groups is 2. The zero-order chi connectivity index (χ0) is 20.5. The van der Waals surface area contributed by atoms with Gasteiger partial charge in [-0.1, -0.05) is 60.7 Å². The Hall–Kier alpha value is -2.66. The van der Waals surface area contributed by atoms with Crippen LogP contribution in [0.4, 0.5) is 0 Å². The van der Waals surface area contributed by atoms with Crippen molar-refractivity contribution in [2.24, 2.45) is 0 Å². The van der Waals surface area contributed by atoms with E-state index >= 15 is 0 Å². The van der Waals surface area contributed by atoms with Crippen molar-refractivity contribution < 1.29 is 14.3 Å². The second kappa shape index (κ2) is 10.8. The van der Waals surface area contributed by atoms with E-state index in [-0.39, 0.29) is 17.9 Å². The molecule has 29 heavy (non-hydrogen) atoms. The third-order valence-corrected chi connectivity index (χ3v) is 5.32. The summed E-state index contributed by atoms with van der Waals surface area (Å²) in [6.07, 6.45) is 2.23. The van der Waals surface area contributed by atoms with Crippen molar-refractivity contribution in [1.29, 1.82) is 0 Å². The van der Waals surface area contributed by atoms with Gasteiger partial charge >= 0.3 is 0 Å². The summed E-state index contributed by atoms with van der Waals surface area (Å²) in [4.78, 5) is 27.1. The average molecular weight is 395 g/mol. The number of aryl methyl sites for hydroxylation is 1. The van der Waals surface area contributed by atoms with E-state index in [9.17, 15) is 9.59 Å². The molecule has 0 aromatic heterocycles. The third-order valence-electron chi connectivity index (χ3n) is 5.32. The number of likely N-dealkylation sites (tertiary alicyclic amines) is 1. The molecule has 1 fully saturated rings. The van der Waals surface area contributed by atoms with E-state index in [2.05, 4.69) is 5.32 Å². The van der Waals surface area contributed by atoms with E-state index in [1.54, 1.807) is 0 Å². The minimum Gasteiger partial charge on any atom is -0.364 e. The topological polar surface area (TPSA) is 58.6 Å². The molecule has 0 spiro atoms. The number of hydrogen-bond donors (Lipinski definition) is 1. The molecule has 0 aliphatic carbocycles. The Bertz CT molecular complexity index is 771. The van der Waals surface area contributed by atoms with Crippen LogP contribution in [0.1, 0.15) is 43.4 Å². The fraction of sp³-hybridized carbons (Fsp3) is 0.417. The predicted molar refractivity (Wildman–Crippen MR) is 113 cm³/mol. The summed E-state index contributed by atoms with van der Waals surface area (Å²) < 4.78 is 5.75. The summed E-state index contributed by atoms with van der Waals surface area (Å²) in [5.74, 6) is 0.0852. The molecule has 1 saturated heterocycles. The van der Waals surface area contributed by atoms with E-state index in [1.165, 1.54) is 5.56 Å². The first-order valence-electron chi connectivity index (χ1n) is 10.5. The van der Waals surface area contributed by atoms with Crippen molar-refractivity contribution in [3.8, 4) is 0 Å². The number of benzene rings is 2. The molecule has 0 saturated carbocycles. The molecule has 3 rings (SSSR count). The molecule has 1 heterocycles. The van der Waals surface area contributed by atoms with Crippen LogP contribution in [-0.4, -0.2) is 42.5 Å². The molecule has 1 N–H and O–H groups in total.